The van der Waals surface area contributed by atoms with Crippen molar-refractivity contribution < 1.29 is 9.16 Å². The molecule has 3 heteroatoms. The maximum absolute atomic E-state index is 6.51. The third-order valence-corrected chi connectivity index (χ3v) is 5.31. The molecule has 1 atom stereocenters. The van der Waals surface area contributed by atoms with E-state index in [-0.39, 0.29) is 12.8 Å². The summed E-state index contributed by atoms with van der Waals surface area (Å²) in [6.07, 6.45) is 8.19. The van der Waals surface area contributed by atoms with Crippen molar-refractivity contribution in [2.75, 3.05) is 6.79 Å². The molecule has 0 bridgehead atoms. The second kappa shape index (κ2) is 5.20. The summed E-state index contributed by atoms with van der Waals surface area (Å²) in [5.74, 6) is 1.60. The molecule has 2 N–H and O–H groups in total. The average Bonchev–Trinajstić information content (AvgIpc) is 2.84. The maximum atomic E-state index is 6.51. The van der Waals surface area contributed by atoms with Crippen molar-refractivity contribution in [2.45, 2.75) is 39.7 Å². The molecule has 0 saturated heterocycles. The Hall–Kier alpha value is -2.13. The van der Waals surface area contributed by atoms with E-state index < -0.39 is 0 Å². The lowest BCUT2D eigenvalue weighted by molar-refractivity contribution is -0.484. The predicted molar refractivity (Wildman–Crippen MR) is 92.1 cm³/mol. The maximum Gasteiger partial charge on any atom is 0.412 e. The first-order chi connectivity index (χ1) is 11.1. The van der Waals surface area contributed by atoms with Gasteiger partial charge in [0.25, 0.3) is 0 Å². The van der Waals surface area contributed by atoms with Crippen molar-refractivity contribution >= 4 is 11.4 Å². The van der Waals surface area contributed by atoms with Crippen LogP contribution in [0.5, 0.6) is 0 Å². The summed E-state index contributed by atoms with van der Waals surface area (Å²) in [6.45, 7) is 6.90. The highest BCUT2D eigenvalue weighted by Gasteiger charge is 2.31. The lowest BCUT2D eigenvalue weighted by atomic mass is 9.87. The zero-order valence-corrected chi connectivity index (χ0v) is 13.9. The normalized spacial score (nSPS) is 22.3. The van der Waals surface area contributed by atoms with Crippen LogP contribution in [0.1, 0.15) is 34.2 Å². The Bertz CT molecular complexity index is 825. The molecule has 0 radical (unpaired) electrons. The number of ether oxygens (including phenoxy) is 1. The molecule has 1 heterocycles. The van der Waals surface area contributed by atoms with Gasteiger partial charge in [0, 0.05) is 12.1 Å². The van der Waals surface area contributed by atoms with Crippen LogP contribution in [0.3, 0.4) is 0 Å². The molecule has 1 unspecified atom stereocenters. The molecule has 2 aliphatic carbocycles. The third kappa shape index (κ3) is 2.19. The van der Waals surface area contributed by atoms with Gasteiger partial charge in [-0.2, -0.15) is 0 Å². The fourth-order valence-corrected chi connectivity index (χ4v) is 3.75. The van der Waals surface area contributed by atoms with E-state index in [9.17, 15) is 0 Å². The number of rotatable bonds is 0. The van der Waals surface area contributed by atoms with Gasteiger partial charge in [-0.15, -0.1) is 0 Å². The summed E-state index contributed by atoms with van der Waals surface area (Å²) in [5, 5.41) is 0. The van der Waals surface area contributed by atoms with Gasteiger partial charge in [-0.3, -0.25) is 0 Å². The smallest absolute Gasteiger partial charge is 0.403 e. The molecule has 118 valence electrons. The van der Waals surface area contributed by atoms with Crippen LogP contribution >= 0.6 is 0 Å². The molecule has 1 aromatic rings. The van der Waals surface area contributed by atoms with E-state index in [1.54, 1.807) is 0 Å². The first-order valence-corrected chi connectivity index (χ1v) is 8.18. The number of ketones is 1. The van der Waals surface area contributed by atoms with Crippen LogP contribution in [0.25, 0.3) is 5.57 Å². The Morgan fingerprint density at radius 3 is 2.83 bits per heavy atom. The minimum absolute atomic E-state index is 0.0121. The Morgan fingerprint density at radius 2 is 2.00 bits per heavy atom. The van der Waals surface area contributed by atoms with E-state index in [1.807, 2.05) is 6.08 Å². The summed E-state index contributed by atoms with van der Waals surface area (Å²) in [6, 6.07) is 2.34. The average molecular weight is 308 g/mol. The molecular weight excluding hydrogens is 286 g/mol. The minimum Gasteiger partial charge on any atom is -0.403 e. The number of hydrogen-bond acceptors (Lipinski definition) is 2. The number of aryl methyl sites for hydroxylation is 2. The Morgan fingerprint density at radius 1 is 1.17 bits per heavy atom. The van der Waals surface area contributed by atoms with Crippen molar-refractivity contribution in [3.8, 4) is 0 Å². The first kappa shape index (κ1) is 14.5. The van der Waals surface area contributed by atoms with Crippen molar-refractivity contribution in [3.05, 3.63) is 63.4 Å². The van der Waals surface area contributed by atoms with Gasteiger partial charge in [0.2, 0.25) is 5.76 Å². The van der Waals surface area contributed by atoms with Crippen LogP contribution < -0.4 is 5.73 Å². The Balaban J connectivity index is 2.01. The lowest BCUT2D eigenvalue weighted by Gasteiger charge is -2.17. The van der Waals surface area contributed by atoms with E-state index >= 15 is 0 Å². The Labute approximate surface area is 136 Å². The van der Waals surface area contributed by atoms with Crippen molar-refractivity contribution in [3.63, 3.8) is 0 Å². The molecule has 0 saturated carbocycles. The summed E-state index contributed by atoms with van der Waals surface area (Å²) in [4.78, 5) is 0. The molecule has 4 rings (SSSR count). The Kier molecular flexibility index (Phi) is 3.27. The number of hydrogen-bond donors (Lipinski definition) is 1. The second-order valence-electron chi connectivity index (χ2n) is 6.60. The van der Waals surface area contributed by atoms with Crippen molar-refractivity contribution in [1.82, 2.24) is 0 Å². The first-order valence-electron chi connectivity index (χ1n) is 8.18. The highest BCUT2D eigenvalue weighted by molar-refractivity contribution is 6.07. The van der Waals surface area contributed by atoms with Gasteiger partial charge < -0.3 is 10.5 Å². The van der Waals surface area contributed by atoms with Crippen LogP contribution in [-0.2, 0) is 15.6 Å². The highest BCUT2D eigenvalue weighted by Crippen LogP contribution is 2.37. The topological polar surface area (TPSA) is 46.5 Å². The quantitative estimate of drug-likeness (QED) is 0.748. The van der Waals surface area contributed by atoms with E-state index in [0.29, 0.717) is 0 Å². The molecule has 1 aliphatic heterocycles. The molecule has 0 fully saturated rings. The van der Waals surface area contributed by atoms with Gasteiger partial charge in [-0.25, -0.2) is 4.42 Å². The molecule has 1 aromatic carbocycles. The van der Waals surface area contributed by atoms with Crippen LogP contribution in [0.2, 0.25) is 0 Å². The van der Waals surface area contributed by atoms with Gasteiger partial charge in [0.05, 0.1) is 0 Å². The summed E-state index contributed by atoms with van der Waals surface area (Å²) >= 11 is 0. The largest absolute Gasteiger partial charge is 0.412 e. The summed E-state index contributed by atoms with van der Waals surface area (Å²) < 4.78 is 11.1. The van der Waals surface area contributed by atoms with E-state index in [1.165, 1.54) is 33.4 Å². The highest BCUT2D eigenvalue weighted by atomic mass is 16.7. The second-order valence-corrected chi connectivity index (χ2v) is 6.60. The zero-order chi connectivity index (χ0) is 16.1. The number of carbonyl (C=O) groups excluding carboxylic acids is 1. The number of fused-ring (bicyclic) bond motifs is 3. The number of nitrogens with two attached hydrogens (primary N) is 1. The van der Waals surface area contributed by atoms with E-state index in [2.05, 4.69) is 39.0 Å². The van der Waals surface area contributed by atoms with Gasteiger partial charge in [0.1, 0.15) is 0 Å². The molecular formula is C20H22NO2+. The SMILES string of the molecule is Cc1cc2c(c(C)c1C)C1=C(C=C3OC[O+]=C3C=C1)C(N)CC2. The summed E-state index contributed by atoms with van der Waals surface area (Å²) in [7, 11) is 0. The fraction of sp³-hybridized carbons (Fsp3) is 0.350. The predicted octanol–water partition coefficient (Wildman–Crippen LogP) is 3.19. The molecule has 0 spiro atoms. The minimum atomic E-state index is 0.0121. The lowest BCUT2D eigenvalue weighted by Crippen LogP contribution is -2.22. The van der Waals surface area contributed by atoms with E-state index in [4.69, 9.17) is 14.9 Å². The number of allylic oxidation sites excluding steroid dienone is 3. The molecule has 3 aliphatic rings. The monoisotopic (exact) mass is 308 g/mol. The van der Waals surface area contributed by atoms with Gasteiger partial charge in [0.15, 0.2) is 0 Å². The molecule has 0 aromatic heterocycles. The van der Waals surface area contributed by atoms with Crippen LogP contribution in [-0.4, -0.2) is 18.6 Å². The van der Waals surface area contributed by atoms with Gasteiger partial charge >= 0.3 is 12.6 Å². The van der Waals surface area contributed by atoms with Gasteiger partial charge in [-0.1, -0.05) is 6.07 Å². The van der Waals surface area contributed by atoms with Crippen LogP contribution in [0.4, 0.5) is 0 Å². The third-order valence-electron chi connectivity index (χ3n) is 5.31. The zero-order valence-electron chi connectivity index (χ0n) is 13.9. The van der Waals surface area contributed by atoms with Crippen LogP contribution in [0.15, 0.2) is 35.6 Å². The van der Waals surface area contributed by atoms with Gasteiger partial charge in [-0.05, 0) is 84.7 Å². The van der Waals surface area contributed by atoms with Crippen molar-refractivity contribution in [1.29, 1.82) is 0 Å². The molecule has 23 heavy (non-hydrogen) atoms. The molecule has 3 nitrogen and oxygen atoms in total. The molecule has 0 amide bonds. The number of benzene rings is 1. The standard InChI is InChI=1S/C20H22NO2/c1-11-8-14-4-6-17(21)16-9-19-18(22-10-23-19)7-5-15(16)20(14)13(3)12(11)2/h5,7-9,17H,4,6,10,21H2,1-3H3/q+1. The fourth-order valence-electron chi connectivity index (χ4n) is 3.75. The van der Waals surface area contributed by atoms with E-state index in [0.717, 1.165) is 30.0 Å². The summed E-state index contributed by atoms with van der Waals surface area (Å²) in [5.41, 5.74) is 15.7. The van der Waals surface area contributed by atoms with Crippen LogP contribution in [0, 0.1) is 20.8 Å². The van der Waals surface area contributed by atoms with Crippen molar-refractivity contribution in [2.24, 2.45) is 5.73 Å².